The summed E-state index contributed by atoms with van der Waals surface area (Å²) in [5.74, 6) is -0.500. The van der Waals surface area contributed by atoms with Crippen molar-refractivity contribution in [3.63, 3.8) is 0 Å². The topological polar surface area (TPSA) is 98.5 Å². The van der Waals surface area contributed by atoms with E-state index in [9.17, 15) is 9.59 Å². The lowest BCUT2D eigenvalue weighted by Crippen LogP contribution is -2.35. The maximum atomic E-state index is 12.1. The average molecular weight is 305 g/mol. The van der Waals surface area contributed by atoms with Crippen LogP contribution in [0.2, 0.25) is 0 Å². The molecule has 8 heteroatoms. The minimum Gasteiger partial charge on any atom is -0.452 e. The molecule has 8 nitrogen and oxygen atoms in total. The van der Waals surface area contributed by atoms with Gasteiger partial charge in [0.05, 0.1) is 11.3 Å². The van der Waals surface area contributed by atoms with E-state index in [1.54, 1.807) is 0 Å². The second-order valence-electron chi connectivity index (χ2n) is 4.90. The first-order valence-corrected chi connectivity index (χ1v) is 7.20. The van der Waals surface area contributed by atoms with Crippen LogP contribution in [0.4, 0.5) is 0 Å². The summed E-state index contributed by atoms with van der Waals surface area (Å²) in [6.07, 6.45) is 4.15. The van der Waals surface area contributed by atoms with Crippen molar-refractivity contribution >= 4 is 17.7 Å². The molecule has 1 N–H and O–H groups in total. The van der Waals surface area contributed by atoms with Crippen LogP contribution in [0.5, 0.6) is 0 Å². The van der Waals surface area contributed by atoms with Gasteiger partial charge in [-0.2, -0.15) is 10.1 Å². The monoisotopic (exact) mass is 305 g/mol. The molecule has 0 aromatic carbocycles. The van der Waals surface area contributed by atoms with Crippen LogP contribution in [0.15, 0.2) is 12.5 Å². The number of ether oxygens (including phenoxy) is 1. The van der Waals surface area contributed by atoms with E-state index in [0.29, 0.717) is 17.9 Å². The highest BCUT2D eigenvalue weighted by Crippen LogP contribution is 2.11. The lowest BCUT2D eigenvalue weighted by atomic mass is 10.2. The first-order valence-electron chi connectivity index (χ1n) is 7.20. The van der Waals surface area contributed by atoms with Crippen molar-refractivity contribution in [3.8, 4) is 0 Å². The number of nitrogens with zero attached hydrogens (tertiary/aromatic N) is 4. The third kappa shape index (κ3) is 3.38. The molecule has 2 aromatic rings. The molecule has 2 rings (SSSR count). The van der Waals surface area contributed by atoms with Gasteiger partial charge in [-0.3, -0.25) is 4.79 Å². The van der Waals surface area contributed by atoms with Gasteiger partial charge in [0.25, 0.3) is 11.7 Å². The van der Waals surface area contributed by atoms with Gasteiger partial charge in [-0.15, -0.1) is 0 Å². The Kier molecular flexibility index (Phi) is 5.03. The molecule has 0 fully saturated rings. The number of hydrogen-bond acceptors (Lipinski definition) is 6. The van der Waals surface area contributed by atoms with Gasteiger partial charge in [0.2, 0.25) is 0 Å². The summed E-state index contributed by atoms with van der Waals surface area (Å²) in [5, 5.41) is 6.77. The Morgan fingerprint density at radius 2 is 2.14 bits per heavy atom. The summed E-state index contributed by atoms with van der Waals surface area (Å²) in [6.45, 7) is 5.42. The zero-order valence-corrected chi connectivity index (χ0v) is 12.9. The van der Waals surface area contributed by atoms with Gasteiger partial charge >= 0.3 is 5.97 Å². The Balaban J connectivity index is 2.08. The Labute approximate surface area is 127 Å². The van der Waals surface area contributed by atoms with Gasteiger partial charge < -0.3 is 10.1 Å². The van der Waals surface area contributed by atoms with Crippen LogP contribution < -0.4 is 5.32 Å². The molecular formula is C14H19N5O3. The van der Waals surface area contributed by atoms with E-state index < -0.39 is 5.97 Å². The quantitative estimate of drug-likeness (QED) is 0.791. The predicted molar refractivity (Wildman–Crippen MR) is 78.3 cm³/mol. The third-order valence-electron chi connectivity index (χ3n) is 3.31. The van der Waals surface area contributed by atoms with Crippen LogP contribution in [-0.2, 0) is 16.0 Å². The first-order chi connectivity index (χ1) is 10.6. The van der Waals surface area contributed by atoms with E-state index in [1.165, 1.54) is 17.0 Å². The summed E-state index contributed by atoms with van der Waals surface area (Å²) in [4.78, 5) is 31.8. The van der Waals surface area contributed by atoms with Crippen molar-refractivity contribution in [1.29, 1.82) is 0 Å². The average Bonchev–Trinajstić information content (AvgIpc) is 2.99. The molecule has 0 aliphatic heterocycles. The Bertz CT molecular complexity index is 682. The number of rotatable bonds is 6. The van der Waals surface area contributed by atoms with Crippen LogP contribution in [0.25, 0.3) is 5.78 Å². The van der Waals surface area contributed by atoms with Crippen molar-refractivity contribution in [2.45, 2.75) is 39.7 Å². The Morgan fingerprint density at radius 3 is 2.82 bits per heavy atom. The minimum atomic E-state index is -0.596. The Hall–Kier alpha value is -2.51. The van der Waals surface area contributed by atoms with E-state index >= 15 is 0 Å². The summed E-state index contributed by atoms with van der Waals surface area (Å²) in [5.41, 5.74) is 0.937. The minimum absolute atomic E-state index is 0.0468. The summed E-state index contributed by atoms with van der Waals surface area (Å²) in [6, 6.07) is 0.0468. The number of hydrogen-bond donors (Lipinski definition) is 1. The zero-order valence-electron chi connectivity index (χ0n) is 12.9. The number of aryl methyl sites for hydroxylation is 1. The molecule has 1 atom stereocenters. The molecule has 0 bridgehead atoms. The van der Waals surface area contributed by atoms with Gasteiger partial charge in [-0.1, -0.05) is 13.8 Å². The molecule has 0 saturated heterocycles. The van der Waals surface area contributed by atoms with E-state index in [4.69, 9.17) is 4.74 Å². The van der Waals surface area contributed by atoms with Gasteiger partial charge in [0.15, 0.2) is 6.61 Å². The fourth-order valence-corrected chi connectivity index (χ4v) is 1.96. The number of nitrogens with one attached hydrogen (secondary N) is 1. The van der Waals surface area contributed by atoms with E-state index in [1.807, 2.05) is 20.8 Å². The van der Waals surface area contributed by atoms with Gasteiger partial charge in [-0.05, 0) is 19.8 Å². The predicted octanol–water partition coefficient (Wildman–Crippen LogP) is 0.758. The molecule has 22 heavy (non-hydrogen) atoms. The highest BCUT2D eigenvalue weighted by Gasteiger charge is 2.18. The molecule has 0 aliphatic carbocycles. The third-order valence-corrected chi connectivity index (χ3v) is 3.31. The molecule has 0 aliphatic rings. The summed E-state index contributed by atoms with van der Waals surface area (Å²) in [7, 11) is 0. The lowest BCUT2D eigenvalue weighted by Gasteiger charge is -2.12. The maximum Gasteiger partial charge on any atom is 0.342 e. The number of amides is 1. The number of esters is 1. The molecule has 0 saturated carbocycles. The van der Waals surface area contributed by atoms with Gasteiger partial charge in [0.1, 0.15) is 6.33 Å². The van der Waals surface area contributed by atoms with Crippen LogP contribution in [0.3, 0.4) is 0 Å². The van der Waals surface area contributed by atoms with Crippen LogP contribution in [0, 0.1) is 0 Å². The van der Waals surface area contributed by atoms with Crippen molar-refractivity contribution in [3.05, 3.63) is 23.8 Å². The molecule has 0 spiro atoms. The van der Waals surface area contributed by atoms with Crippen LogP contribution >= 0.6 is 0 Å². The molecule has 2 heterocycles. The van der Waals surface area contributed by atoms with Gasteiger partial charge in [-0.25, -0.2) is 14.3 Å². The van der Waals surface area contributed by atoms with E-state index in [2.05, 4.69) is 20.4 Å². The van der Waals surface area contributed by atoms with Crippen molar-refractivity contribution in [2.24, 2.45) is 0 Å². The maximum absolute atomic E-state index is 12.1. The normalized spacial score (nSPS) is 12.1. The largest absolute Gasteiger partial charge is 0.452 e. The van der Waals surface area contributed by atoms with Crippen LogP contribution in [0.1, 0.15) is 43.2 Å². The fraction of sp³-hybridized carbons (Fsp3) is 0.500. The number of aromatic nitrogens is 4. The zero-order chi connectivity index (χ0) is 16.1. The Morgan fingerprint density at radius 1 is 1.36 bits per heavy atom. The number of carbonyl (C=O) groups is 2. The number of fused-ring (bicyclic) bond motifs is 1. The standard InChI is InChI=1S/C14H19N5O3/c1-4-9(3)18-12(20)7-22-13(21)10-6-15-14-16-8-17-19(14)11(10)5-2/h6,8-9H,4-5,7H2,1-3H3,(H,18,20). The summed E-state index contributed by atoms with van der Waals surface area (Å²) < 4.78 is 6.55. The van der Waals surface area contributed by atoms with Crippen LogP contribution in [-0.4, -0.2) is 44.1 Å². The summed E-state index contributed by atoms with van der Waals surface area (Å²) >= 11 is 0. The second-order valence-corrected chi connectivity index (χ2v) is 4.90. The molecule has 1 unspecified atom stereocenters. The van der Waals surface area contributed by atoms with Gasteiger partial charge in [0, 0.05) is 12.2 Å². The second kappa shape index (κ2) is 6.97. The lowest BCUT2D eigenvalue weighted by molar-refractivity contribution is -0.124. The first kappa shape index (κ1) is 15.9. The fourth-order valence-electron chi connectivity index (χ4n) is 1.96. The SMILES string of the molecule is CCc1c(C(=O)OCC(=O)NC(C)CC)cnc2ncnn12. The van der Waals surface area contributed by atoms with Crippen molar-refractivity contribution in [1.82, 2.24) is 24.9 Å². The highest BCUT2D eigenvalue weighted by atomic mass is 16.5. The smallest absolute Gasteiger partial charge is 0.342 e. The molecule has 0 radical (unpaired) electrons. The van der Waals surface area contributed by atoms with Crippen molar-refractivity contribution < 1.29 is 14.3 Å². The van der Waals surface area contributed by atoms with E-state index in [0.717, 1.165) is 6.42 Å². The molecule has 2 aromatic heterocycles. The molecule has 118 valence electrons. The molecular weight excluding hydrogens is 286 g/mol. The highest BCUT2D eigenvalue weighted by molar-refractivity contribution is 5.92. The van der Waals surface area contributed by atoms with Crippen molar-refractivity contribution in [2.75, 3.05) is 6.61 Å². The number of carbonyl (C=O) groups excluding carboxylic acids is 2. The molecule has 1 amide bonds. The van der Waals surface area contributed by atoms with E-state index in [-0.39, 0.29) is 24.1 Å².